The van der Waals surface area contributed by atoms with Crippen molar-refractivity contribution in [2.75, 3.05) is 32.8 Å². The molecule has 2 aromatic rings. The number of nitrogens with one attached hydrogen (secondary N) is 1. The number of nitriles is 1. The number of allylic oxidation sites excluding steroid dienone is 12. The third-order valence-electron chi connectivity index (χ3n) is 8.30. The first-order valence-corrected chi connectivity index (χ1v) is 16.4. The van der Waals surface area contributed by atoms with Gasteiger partial charge in [-0.05, 0) is 54.0 Å². The molecule has 1 aliphatic carbocycles. The van der Waals surface area contributed by atoms with Gasteiger partial charge in [0.2, 0.25) is 0 Å². The second-order valence-corrected chi connectivity index (χ2v) is 11.3. The van der Waals surface area contributed by atoms with Gasteiger partial charge < -0.3 is 14.5 Å². The van der Waals surface area contributed by atoms with Gasteiger partial charge in [0, 0.05) is 43.0 Å². The van der Waals surface area contributed by atoms with Crippen molar-refractivity contribution >= 4 is 23.1 Å². The summed E-state index contributed by atoms with van der Waals surface area (Å²) in [6.45, 7) is 34.7. The van der Waals surface area contributed by atoms with Crippen LogP contribution < -0.4 is 0 Å². The van der Waals surface area contributed by atoms with Crippen LogP contribution in [0.3, 0.4) is 0 Å². The van der Waals surface area contributed by atoms with Gasteiger partial charge in [0.15, 0.2) is 5.70 Å². The first-order chi connectivity index (χ1) is 25.4. The zero-order valence-corrected chi connectivity index (χ0v) is 28.6. The van der Waals surface area contributed by atoms with Gasteiger partial charge in [0.25, 0.3) is 5.70 Å². The van der Waals surface area contributed by atoms with E-state index >= 15 is 0 Å². The Hall–Kier alpha value is -7.41. The van der Waals surface area contributed by atoms with E-state index in [4.69, 9.17) is 36.4 Å². The number of piperazine rings is 1. The van der Waals surface area contributed by atoms with Gasteiger partial charge in [-0.3, -0.25) is 5.41 Å². The second kappa shape index (κ2) is 19.0. The maximum absolute atomic E-state index is 12.4. The van der Waals surface area contributed by atoms with E-state index in [1.54, 1.807) is 84.7 Å². The standard InChI is InChI=1S/C42H34N8O2/c1-6-52-42(51)50-27-25-49(26-28-50)40-33(19-13-21-35(29-43)38(37(30-44)46-3)31-15-9-7-10-16-31)23-24-34(40)20-14-22-36(45-2)39(41(47-4)48-5)32-17-11-8-12-18-32/h7-22,43H,6,23-28H2,1H3/b20-14+,21-13+,33-19+,36-22-,38-37-. The van der Waals surface area contributed by atoms with Gasteiger partial charge in [-0.15, -0.1) is 0 Å². The number of nitrogens with zero attached hydrogens (tertiary/aromatic N) is 7. The first-order valence-electron chi connectivity index (χ1n) is 16.4. The molecule has 0 saturated carbocycles. The van der Waals surface area contributed by atoms with E-state index in [0.29, 0.717) is 67.9 Å². The summed E-state index contributed by atoms with van der Waals surface area (Å²) in [4.78, 5) is 30.2. The summed E-state index contributed by atoms with van der Waals surface area (Å²) in [7, 11) is 0. The molecule has 0 aromatic heterocycles. The van der Waals surface area contributed by atoms with Gasteiger partial charge >= 0.3 is 11.9 Å². The topological polar surface area (TPSA) is 97.9 Å². The van der Waals surface area contributed by atoms with Gasteiger partial charge in [0.1, 0.15) is 13.1 Å². The summed E-state index contributed by atoms with van der Waals surface area (Å²) >= 11 is 0. The van der Waals surface area contributed by atoms with Crippen LogP contribution in [0.5, 0.6) is 0 Å². The van der Waals surface area contributed by atoms with E-state index in [1.165, 1.54) is 0 Å². The van der Waals surface area contributed by atoms with Crippen molar-refractivity contribution in [2.24, 2.45) is 0 Å². The Balaban J connectivity index is 1.75. The van der Waals surface area contributed by atoms with Gasteiger partial charge in [0.05, 0.1) is 31.4 Å². The quantitative estimate of drug-likeness (QED) is 0.117. The van der Waals surface area contributed by atoms with Crippen LogP contribution in [0.25, 0.3) is 30.5 Å². The lowest BCUT2D eigenvalue weighted by molar-refractivity contribution is 0.0873. The largest absolute Gasteiger partial charge is 0.516 e. The molecule has 1 fully saturated rings. The summed E-state index contributed by atoms with van der Waals surface area (Å²) in [6, 6.07) is 19.9. The van der Waals surface area contributed by atoms with Gasteiger partial charge in [-0.2, -0.15) is 9.69 Å². The van der Waals surface area contributed by atoms with Crippen molar-refractivity contribution in [2.45, 2.75) is 19.8 Å². The molecule has 1 amide bonds. The number of hydrogen-bond donors (Lipinski definition) is 1. The van der Waals surface area contributed by atoms with Crippen LogP contribution in [0.15, 0.2) is 137 Å². The highest BCUT2D eigenvalue weighted by molar-refractivity contribution is 5.94. The Kier molecular flexibility index (Phi) is 13.6. The molecule has 1 heterocycles. The molecule has 4 rings (SSSR count). The minimum Gasteiger partial charge on any atom is -0.450 e. The van der Waals surface area contributed by atoms with E-state index in [9.17, 15) is 10.1 Å². The fraction of sp³-hybridized carbons (Fsp3) is 0.190. The highest BCUT2D eigenvalue weighted by Gasteiger charge is 2.28. The normalized spacial score (nSPS) is 15.5. The maximum atomic E-state index is 12.4. The Labute approximate surface area is 304 Å². The number of hydrogen-bond acceptors (Lipinski definition) is 5. The molecule has 1 N–H and O–H groups in total. The van der Waals surface area contributed by atoms with Crippen LogP contribution in [0.2, 0.25) is 0 Å². The van der Waals surface area contributed by atoms with Crippen molar-refractivity contribution in [1.82, 2.24) is 9.80 Å². The number of amides is 1. The number of ether oxygens (including phenoxy) is 1. The Morgan fingerprint density at radius 1 is 0.885 bits per heavy atom. The van der Waals surface area contributed by atoms with Gasteiger partial charge in [-0.25, -0.2) is 19.7 Å². The number of benzene rings is 2. The zero-order chi connectivity index (χ0) is 37.3. The molecule has 0 unspecified atom stereocenters. The summed E-state index contributed by atoms with van der Waals surface area (Å²) in [5, 5.41) is 17.7. The van der Waals surface area contributed by atoms with E-state index in [2.05, 4.69) is 30.1 Å². The molecule has 1 saturated heterocycles. The predicted octanol–water partition coefficient (Wildman–Crippen LogP) is 8.89. The first kappa shape index (κ1) is 37.4. The average molecular weight is 683 g/mol. The van der Waals surface area contributed by atoms with Gasteiger partial charge in [-0.1, -0.05) is 91.0 Å². The van der Waals surface area contributed by atoms with Crippen LogP contribution in [0, 0.1) is 43.0 Å². The van der Waals surface area contributed by atoms with Crippen LogP contribution >= 0.6 is 0 Å². The molecule has 52 heavy (non-hydrogen) atoms. The average Bonchev–Trinajstić information content (AvgIpc) is 3.59. The highest BCUT2D eigenvalue weighted by Crippen LogP contribution is 2.36. The smallest absolute Gasteiger partial charge is 0.450 e. The van der Waals surface area contributed by atoms with Crippen LogP contribution in [-0.2, 0) is 4.74 Å². The summed E-state index contributed by atoms with van der Waals surface area (Å²) in [5.74, 6) is 2.23. The Morgan fingerprint density at radius 3 is 2.06 bits per heavy atom. The molecule has 0 spiro atoms. The number of carbonyl (C=O) groups is 1. The third-order valence-corrected chi connectivity index (χ3v) is 8.30. The molecular weight excluding hydrogens is 649 g/mol. The summed E-state index contributed by atoms with van der Waals surface area (Å²) in [5.41, 5.74) is 5.20. The van der Waals surface area contributed by atoms with Crippen LogP contribution in [0.1, 0.15) is 30.9 Å². The highest BCUT2D eigenvalue weighted by atomic mass is 16.6. The van der Waals surface area contributed by atoms with Crippen molar-refractivity contribution < 1.29 is 9.53 Å². The molecule has 10 heteroatoms. The summed E-state index contributed by atoms with van der Waals surface area (Å²) in [6.07, 6.45) is 11.8. The minimum atomic E-state index is -0.344. The minimum absolute atomic E-state index is 0.136. The van der Waals surface area contributed by atoms with E-state index in [0.717, 1.165) is 16.8 Å². The van der Waals surface area contributed by atoms with E-state index in [1.807, 2.05) is 30.4 Å². The van der Waals surface area contributed by atoms with E-state index < -0.39 is 0 Å². The van der Waals surface area contributed by atoms with Crippen molar-refractivity contribution in [1.29, 1.82) is 10.7 Å². The van der Waals surface area contributed by atoms with Crippen molar-refractivity contribution in [3.05, 3.63) is 194 Å². The lowest BCUT2D eigenvalue weighted by atomic mass is 9.96. The SMILES string of the molecule is [C-]#[N+]C([N+]#[C-])=C(/C(=C/C=C/C1=C(N2CCN(C(=O)OCC)CC2)C(=C/C=C/C(=C=N)/C(=C(/C#N)[N+]#[C-])c2ccccc2)/CC1)[N+]#[C-])c1ccccc1. The summed E-state index contributed by atoms with van der Waals surface area (Å²) < 4.78 is 5.21. The Bertz CT molecular complexity index is 2140. The molecule has 254 valence electrons. The lowest BCUT2D eigenvalue weighted by Gasteiger charge is -2.37. The van der Waals surface area contributed by atoms with E-state index in [-0.39, 0.29) is 28.9 Å². The van der Waals surface area contributed by atoms with Crippen molar-refractivity contribution in [3.8, 4) is 6.07 Å². The van der Waals surface area contributed by atoms with Crippen LogP contribution in [0.4, 0.5) is 4.79 Å². The molecule has 1 aliphatic heterocycles. The van der Waals surface area contributed by atoms with Crippen molar-refractivity contribution in [3.63, 3.8) is 0 Å². The molecular formula is C42H34N8O2. The zero-order valence-electron chi connectivity index (χ0n) is 28.6. The third kappa shape index (κ3) is 8.98. The second-order valence-electron chi connectivity index (χ2n) is 11.3. The number of rotatable bonds is 10. The maximum Gasteiger partial charge on any atom is 0.516 e. The number of carbonyl (C=O) groups excluding carboxylic acids is 1. The molecule has 2 aromatic carbocycles. The lowest BCUT2D eigenvalue weighted by Crippen LogP contribution is -2.48. The Morgan fingerprint density at radius 2 is 1.52 bits per heavy atom. The molecule has 0 atom stereocenters. The van der Waals surface area contributed by atoms with Crippen LogP contribution in [-0.4, -0.2) is 54.5 Å². The molecule has 10 nitrogen and oxygen atoms in total. The fourth-order valence-corrected chi connectivity index (χ4v) is 5.94. The molecule has 0 radical (unpaired) electrons. The predicted molar refractivity (Wildman–Crippen MR) is 201 cm³/mol. The monoisotopic (exact) mass is 682 g/mol. The molecule has 2 aliphatic rings. The fourth-order valence-electron chi connectivity index (χ4n) is 5.94. The molecule has 0 bridgehead atoms.